The minimum Gasteiger partial charge on any atom is -0.478 e. The molecular formula is C9H6BrF6NO2. The molecule has 0 aliphatic carbocycles. The maximum Gasteiger partial charge on any atom is 0.573 e. The summed E-state index contributed by atoms with van der Waals surface area (Å²) in [7, 11) is 0.893. The second kappa shape index (κ2) is 5.43. The highest BCUT2D eigenvalue weighted by Crippen LogP contribution is 2.43. The van der Waals surface area contributed by atoms with E-state index < -0.39 is 29.7 Å². The van der Waals surface area contributed by atoms with Crippen LogP contribution < -0.4 is 9.47 Å². The van der Waals surface area contributed by atoms with Crippen LogP contribution in [-0.2, 0) is 11.5 Å². The Kier molecular flexibility index (Phi) is 4.54. The van der Waals surface area contributed by atoms with Crippen molar-refractivity contribution in [1.82, 2.24) is 4.98 Å². The summed E-state index contributed by atoms with van der Waals surface area (Å²) in [5, 5.41) is -0.0846. The molecule has 10 heteroatoms. The van der Waals surface area contributed by atoms with E-state index in [4.69, 9.17) is 0 Å². The van der Waals surface area contributed by atoms with E-state index in [2.05, 4.69) is 30.4 Å². The minimum atomic E-state index is -5.29. The molecule has 0 atom stereocenters. The van der Waals surface area contributed by atoms with Crippen molar-refractivity contribution in [2.45, 2.75) is 17.9 Å². The number of aromatic nitrogens is 1. The molecule has 19 heavy (non-hydrogen) atoms. The van der Waals surface area contributed by atoms with Gasteiger partial charge < -0.3 is 9.47 Å². The number of alkyl halides is 7. The summed E-state index contributed by atoms with van der Waals surface area (Å²) >= 11 is 2.86. The van der Waals surface area contributed by atoms with E-state index in [1.165, 1.54) is 0 Å². The third kappa shape index (κ3) is 4.15. The second-order valence-corrected chi connectivity index (χ2v) is 3.74. The molecule has 0 bridgehead atoms. The van der Waals surface area contributed by atoms with Gasteiger partial charge in [0.15, 0.2) is 0 Å². The van der Waals surface area contributed by atoms with Crippen molar-refractivity contribution in [3.05, 3.63) is 17.3 Å². The van der Waals surface area contributed by atoms with Gasteiger partial charge in [0.05, 0.1) is 12.8 Å². The molecule has 1 rings (SSSR count). The van der Waals surface area contributed by atoms with Crippen molar-refractivity contribution >= 4 is 15.9 Å². The molecule has 0 aliphatic rings. The summed E-state index contributed by atoms with van der Waals surface area (Å²) in [6.07, 6.45) is -10.3. The molecule has 1 heterocycles. The van der Waals surface area contributed by atoms with Gasteiger partial charge in [0.1, 0.15) is 5.56 Å². The monoisotopic (exact) mass is 353 g/mol. The van der Waals surface area contributed by atoms with E-state index in [0.717, 1.165) is 7.11 Å². The first kappa shape index (κ1) is 15.9. The van der Waals surface area contributed by atoms with Crippen LogP contribution >= 0.6 is 15.9 Å². The average Bonchev–Trinajstić information content (AvgIpc) is 2.25. The lowest BCUT2D eigenvalue weighted by Crippen LogP contribution is -2.21. The fourth-order valence-electron chi connectivity index (χ4n) is 1.19. The SMILES string of the molecule is COc1nc(CBr)cc(C(F)(F)F)c1OC(F)(F)F. The van der Waals surface area contributed by atoms with Gasteiger partial charge in [-0.05, 0) is 6.07 Å². The Morgan fingerprint density at radius 3 is 2.16 bits per heavy atom. The molecule has 0 aromatic carbocycles. The number of pyridine rings is 1. The van der Waals surface area contributed by atoms with Gasteiger partial charge in [0, 0.05) is 5.33 Å². The highest BCUT2D eigenvalue weighted by atomic mass is 79.9. The van der Waals surface area contributed by atoms with E-state index in [9.17, 15) is 26.3 Å². The highest BCUT2D eigenvalue weighted by molar-refractivity contribution is 9.08. The van der Waals surface area contributed by atoms with Crippen LogP contribution in [0.1, 0.15) is 11.3 Å². The van der Waals surface area contributed by atoms with Gasteiger partial charge in [0.2, 0.25) is 5.75 Å². The summed E-state index contributed by atoms with van der Waals surface area (Å²) in [5.41, 5.74) is -1.75. The Morgan fingerprint density at radius 1 is 1.21 bits per heavy atom. The third-order valence-corrected chi connectivity index (χ3v) is 2.42. The first-order valence-corrected chi connectivity index (χ1v) is 5.67. The van der Waals surface area contributed by atoms with Crippen LogP contribution in [0.4, 0.5) is 26.3 Å². The molecule has 0 spiro atoms. The van der Waals surface area contributed by atoms with Crippen LogP contribution in [0, 0.1) is 0 Å². The molecule has 3 nitrogen and oxygen atoms in total. The van der Waals surface area contributed by atoms with Crippen molar-refractivity contribution in [2.24, 2.45) is 0 Å². The molecule has 108 valence electrons. The number of halogens is 7. The zero-order chi connectivity index (χ0) is 14.8. The zero-order valence-corrected chi connectivity index (χ0v) is 10.8. The lowest BCUT2D eigenvalue weighted by molar-refractivity contribution is -0.276. The van der Waals surface area contributed by atoms with E-state index in [1.807, 2.05) is 0 Å². The highest BCUT2D eigenvalue weighted by Gasteiger charge is 2.42. The van der Waals surface area contributed by atoms with Gasteiger partial charge in [0.25, 0.3) is 5.88 Å². The van der Waals surface area contributed by atoms with Gasteiger partial charge in [-0.15, -0.1) is 13.2 Å². The quantitative estimate of drug-likeness (QED) is 0.610. The van der Waals surface area contributed by atoms with Crippen molar-refractivity contribution in [2.75, 3.05) is 7.11 Å². The fourth-order valence-corrected chi connectivity index (χ4v) is 1.48. The smallest absolute Gasteiger partial charge is 0.478 e. The van der Waals surface area contributed by atoms with Crippen LogP contribution in [0.25, 0.3) is 0 Å². The van der Waals surface area contributed by atoms with Crippen molar-refractivity contribution in [3.63, 3.8) is 0 Å². The Labute approximate surface area is 111 Å². The maximum atomic E-state index is 12.7. The summed E-state index contributed by atoms with van der Waals surface area (Å²) in [6.45, 7) is 0. The molecule has 0 unspecified atom stereocenters. The Morgan fingerprint density at radius 2 is 1.79 bits per heavy atom. The Balaban J connectivity index is 3.47. The standard InChI is InChI=1S/C9H6BrF6NO2/c1-18-7-6(19-9(14,15)16)5(8(11,12)13)2-4(3-10)17-7/h2H,3H2,1H3. The first-order chi connectivity index (χ1) is 8.58. The maximum absolute atomic E-state index is 12.7. The number of nitrogens with zero attached hydrogens (tertiary/aromatic N) is 1. The zero-order valence-electron chi connectivity index (χ0n) is 9.19. The number of methoxy groups -OCH3 is 1. The molecule has 0 amide bonds. The van der Waals surface area contributed by atoms with Gasteiger partial charge in [-0.2, -0.15) is 13.2 Å². The summed E-state index contributed by atoms with van der Waals surface area (Å²) < 4.78 is 82.3. The molecule has 1 aromatic heterocycles. The molecule has 1 aromatic rings. The van der Waals surface area contributed by atoms with Gasteiger partial charge >= 0.3 is 12.5 Å². The topological polar surface area (TPSA) is 31.4 Å². The van der Waals surface area contributed by atoms with Crippen LogP contribution in [0.3, 0.4) is 0 Å². The van der Waals surface area contributed by atoms with E-state index >= 15 is 0 Å². The predicted octanol–water partition coefficient (Wildman–Crippen LogP) is 3.90. The molecule has 0 N–H and O–H groups in total. The van der Waals surface area contributed by atoms with Crippen LogP contribution in [0.15, 0.2) is 6.07 Å². The lowest BCUT2D eigenvalue weighted by Gasteiger charge is -2.18. The molecule has 0 aliphatic heterocycles. The summed E-state index contributed by atoms with van der Waals surface area (Å²) in [5.74, 6) is -2.39. The summed E-state index contributed by atoms with van der Waals surface area (Å²) in [6, 6.07) is 0.457. The van der Waals surface area contributed by atoms with Crippen molar-refractivity contribution in [3.8, 4) is 11.6 Å². The van der Waals surface area contributed by atoms with Crippen LogP contribution in [0.2, 0.25) is 0 Å². The van der Waals surface area contributed by atoms with E-state index in [1.54, 1.807) is 0 Å². The van der Waals surface area contributed by atoms with E-state index in [-0.39, 0.29) is 11.0 Å². The molecule has 0 saturated heterocycles. The fraction of sp³-hybridized carbons (Fsp3) is 0.444. The Hall–Kier alpha value is -1.19. The van der Waals surface area contributed by atoms with Gasteiger partial charge in [-0.25, -0.2) is 4.98 Å². The number of hydrogen-bond acceptors (Lipinski definition) is 3. The third-order valence-electron chi connectivity index (χ3n) is 1.85. The second-order valence-electron chi connectivity index (χ2n) is 3.18. The van der Waals surface area contributed by atoms with Gasteiger partial charge in [-0.1, -0.05) is 15.9 Å². The number of hydrogen-bond donors (Lipinski definition) is 0. The largest absolute Gasteiger partial charge is 0.573 e. The number of rotatable bonds is 3. The Bertz CT molecular complexity index is 459. The van der Waals surface area contributed by atoms with Crippen LogP contribution in [0.5, 0.6) is 11.6 Å². The van der Waals surface area contributed by atoms with E-state index in [0.29, 0.717) is 6.07 Å². The minimum absolute atomic E-state index is 0.0846. The normalized spacial score (nSPS) is 12.4. The average molecular weight is 354 g/mol. The molecule has 0 fully saturated rings. The molecule has 0 radical (unpaired) electrons. The predicted molar refractivity (Wildman–Crippen MR) is 55.1 cm³/mol. The number of ether oxygens (including phenoxy) is 2. The molecule has 0 saturated carbocycles. The van der Waals surface area contributed by atoms with Crippen molar-refractivity contribution < 1.29 is 35.8 Å². The van der Waals surface area contributed by atoms with Gasteiger partial charge in [-0.3, -0.25) is 0 Å². The molecular weight excluding hydrogens is 348 g/mol. The first-order valence-electron chi connectivity index (χ1n) is 4.55. The summed E-state index contributed by atoms with van der Waals surface area (Å²) in [4.78, 5) is 3.47. The van der Waals surface area contributed by atoms with Crippen LogP contribution in [-0.4, -0.2) is 18.5 Å². The lowest BCUT2D eigenvalue weighted by atomic mass is 10.2. The van der Waals surface area contributed by atoms with Crippen molar-refractivity contribution in [1.29, 1.82) is 0 Å².